The maximum Gasteiger partial charge on any atom is 0.0708 e. The standard InChI is InChI=1S/C15H19NO/c1-11(6-5-9-17)15-10-12(2)13-7-3-4-8-14(13)16-15/h3-4,7-8,10-11,17H,5-6,9H2,1-2H3/t11-/m1/s1. The quantitative estimate of drug-likeness (QED) is 0.871. The van der Waals surface area contributed by atoms with Gasteiger partial charge in [0, 0.05) is 17.7 Å². The topological polar surface area (TPSA) is 33.1 Å². The molecule has 0 fully saturated rings. The van der Waals surface area contributed by atoms with E-state index < -0.39 is 0 Å². The first-order valence-corrected chi connectivity index (χ1v) is 6.19. The van der Waals surface area contributed by atoms with Gasteiger partial charge in [-0.2, -0.15) is 0 Å². The van der Waals surface area contributed by atoms with Crippen LogP contribution in [0, 0.1) is 6.92 Å². The average Bonchev–Trinajstić information content (AvgIpc) is 2.36. The molecule has 0 saturated heterocycles. The molecule has 0 aliphatic rings. The van der Waals surface area contributed by atoms with Crippen LogP contribution in [-0.2, 0) is 0 Å². The summed E-state index contributed by atoms with van der Waals surface area (Å²) in [6.07, 6.45) is 1.83. The lowest BCUT2D eigenvalue weighted by molar-refractivity contribution is 0.280. The van der Waals surface area contributed by atoms with Gasteiger partial charge in [0.15, 0.2) is 0 Å². The number of aromatic nitrogens is 1. The lowest BCUT2D eigenvalue weighted by atomic mass is 9.98. The zero-order chi connectivity index (χ0) is 12.3. The summed E-state index contributed by atoms with van der Waals surface area (Å²) in [7, 11) is 0. The molecule has 2 heteroatoms. The third kappa shape index (κ3) is 2.64. The number of aliphatic hydroxyl groups is 1. The lowest BCUT2D eigenvalue weighted by Gasteiger charge is -2.12. The molecule has 1 heterocycles. The van der Waals surface area contributed by atoms with E-state index in [9.17, 15) is 0 Å². The van der Waals surface area contributed by atoms with E-state index in [4.69, 9.17) is 10.1 Å². The number of para-hydroxylation sites is 1. The zero-order valence-corrected chi connectivity index (χ0v) is 10.5. The SMILES string of the molecule is Cc1cc([C@H](C)CCCO)nc2ccccc12. The van der Waals surface area contributed by atoms with Gasteiger partial charge in [0.1, 0.15) is 0 Å². The summed E-state index contributed by atoms with van der Waals surface area (Å²) in [5.41, 5.74) is 3.48. The van der Waals surface area contributed by atoms with Crippen molar-refractivity contribution >= 4 is 10.9 Å². The van der Waals surface area contributed by atoms with E-state index in [0.29, 0.717) is 5.92 Å². The van der Waals surface area contributed by atoms with Crippen molar-refractivity contribution in [2.75, 3.05) is 6.61 Å². The number of aliphatic hydroxyl groups excluding tert-OH is 1. The van der Waals surface area contributed by atoms with E-state index >= 15 is 0 Å². The Morgan fingerprint density at radius 2 is 2.06 bits per heavy atom. The molecule has 0 aliphatic heterocycles. The maximum absolute atomic E-state index is 8.87. The highest BCUT2D eigenvalue weighted by Crippen LogP contribution is 2.24. The average molecular weight is 229 g/mol. The molecular weight excluding hydrogens is 210 g/mol. The minimum Gasteiger partial charge on any atom is -0.396 e. The summed E-state index contributed by atoms with van der Waals surface area (Å²) < 4.78 is 0. The molecule has 2 aromatic rings. The highest BCUT2D eigenvalue weighted by molar-refractivity contribution is 5.82. The van der Waals surface area contributed by atoms with Crippen LogP contribution in [0.25, 0.3) is 10.9 Å². The number of aryl methyl sites for hydroxylation is 1. The zero-order valence-electron chi connectivity index (χ0n) is 10.5. The largest absolute Gasteiger partial charge is 0.396 e. The number of pyridine rings is 1. The molecule has 0 aliphatic carbocycles. The molecule has 17 heavy (non-hydrogen) atoms. The number of nitrogens with zero attached hydrogens (tertiary/aromatic N) is 1. The Bertz CT molecular complexity index is 507. The lowest BCUT2D eigenvalue weighted by Crippen LogP contribution is -2.00. The van der Waals surface area contributed by atoms with E-state index in [-0.39, 0.29) is 6.61 Å². The number of hydrogen-bond acceptors (Lipinski definition) is 2. The smallest absolute Gasteiger partial charge is 0.0708 e. The van der Waals surface area contributed by atoms with Gasteiger partial charge in [-0.1, -0.05) is 25.1 Å². The molecular formula is C15H19NO. The third-order valence-electron chi connectivity index (χ3n) is 3.24. The summed E-state index contributed by atoms with van der Waals surface area (Å²) in [6, 6.07) is 10.4. The van der Waals surface area contributed by atoms with Gasteiger partial charge in [0.25, 0.3) is 0 Å². The minimum atomic E-state index is 0.261. The molecule has 0 spiro atoms. The molecule has 90 valence electrons. The molecule has 0 radical (unpaired) electrons. The first kappa shape index (κ1) is 12.1. The maximum atomic E-state index is 8.87. The van der Waals surface area contributed by atoms with E-state index in [0.717, 1.165) is 24.1 Å². The summed E-state index contributed by atoms with van der Waals surface area (Å²) >= 11 is 0. The fourth-order valence-electron chi connectivity index (χ4n) is 2.17. The predicted molar refractivity (Wildman–Crippen MR) is 71.2 cm³/mol. The van der Waals surface area contributed by atoms with Gasteiger partial charge in [-0.3, -0.25) is 4.98 Å². The highest BCUT2D eigenvalue weighted by atomic mass is 16.2. The van der Waals surface area contributed by atoms with Crippen molar-refractivity contribution in [1.29, 1.82) is 0 Å². The second-order valence-corrected chi connectivity index (χ2v) is 4.65. The molecule has 2 rings (SSSR count). The van der Waals surface area contributed by atoms with Crippen LogP contribution in [-0.4, -0.2) is 16.7 Å². The van der Waals surface area contributed by atoms with Crippen molar-refractivity contribution in [2.24, 2.45) is 0 Å². The first-order valence-electron chi connectivity index (χ1n) is 6.19. The predicted octanol–water partition coefficient (Wildman–Crippen LogP) is 3.42. The Balaban J connectivity index is 2.36. The van der Waals surface area contributed by atoms with Gasteiger partial charge in [-0.25, -0.2) is 0 Å². The molecule has 0 bridgehead atoms. The summed E-state index contributed by atoms with van der Waals surface area (Å²) in [5.74, 6) is 0.408. The van der Waals surface area contributed by atoms with Crippen molar-refractivity contribution in [3.63, 3.8) is 0 Å². The normalized spacial score (nSPS) is 12.9. The van der Waals surface area contributed by atoms with Crippen molar-refractivity contribution < 1.29 is 5.11 Å². The molecule has 1 aromatic heterocycles. The molecule has 0 saturated carbocycles. The van der Waals surface area contributed by atoms with Gasteiger partial charge in [0.05, 0.1) is 5.52 Å². The Morgan fingerprint density at radius 1 is 1.29 bits per heavy atom. The number of hydrogen-bond donors (Lipinski definition) is 1. The third-order valence-corrected chi connectivity index (χ3v) is 3.24. The van der Waals surface area contributed by atoms with E-state index in [1.54, 1.807) is 0 Å². The number of fused-ring (bicyclic) bond motifs is 1. The van der Waals surface area contributed by atoms with Crippen LogP contribution in [0.4, 0.5) is 0 Å². The van der Waals surface area contributed by atoms with Crippen LogP contribution in [0.3, 0.4) is 0 Å². The van der Waals surface area contributed by atoms with Gasteiger partial charge in [-0.15, -0.1) is 0 Å². The van der Waals surface area contributed by atoms with Crippen LogP contribution < -0.4 is 0 Å². The molecule has 2 nitrogen and oxygen atoms in total. The van der Waals surface area contributed by atoms with Crippen molar-refractivity contribution in [3.8, 4) is 0 Å². The summed E-state index contributed by atoms with van der Waals surface area (Å²) in [4.78, 5) is 4.71. The minimum absolute atomic E-state index is 0.261. The van der Waals surface area contributed by atoms with Gasteiger partial charge < -0.3 is 5.11 Å². The molecule has 1 aromatic carbocycles. The second kappa shape index (κ2) is 5.28. The Kier molecular flexibility index (Phi) is 3.75. The highest BCUT2D eigenvalue weighted by Gasteiger charge is 2.09. The number of rotatable bonds is 4. The Hall–Kier alpha value is -1.41. The van der Waals surface area contributed by atoms with Gasteiger partial charge in [0.2, 0.25) is 0 Å². The Morgan fingerprint density at radius 3 is 2.82 bits per heavy atom. The van der Waals surface area contributed by atoms with E-state index in [1.165, 1.54) is 10.9 Å². The number of benzene rings is 1. The first-order chi connectivity index (χ1) is 8.22. The summed E-state index contributed by atoms with van der Waals surface area (Å²) in [6.45, 7) is 4.56. The van der Waals surface area contributed by atoms with Crippen LogP contribution in [0.1, 0.15) is 36.9 Å². The fraction of sp³-hybridized carbons (Fsp3) is 0.400. The monoisotopic (exact) mass is 229 g/mol. The van der Waals surface area contributed by atoms with Crippen LogP contribution in [0.5, 0.6) is 0 Å². The Labute approximate surface area is 102 Å². The molecule has 0 unspecified atom stereocenters. The second-order valence-electron chi connectivity index (χ2n) is 4.65. The van der Waals surface area contributed by atoms with Crippen molar-refractivity contribution in [3.05, 3.63) is 41.6 Å². The molecule has 0 amide bonds. The van der Waals surface area contributed by atoms with Crippen LogP contribution in [0.2, 0.25) is 0 Å². The fourth-order valence-corrected chi connectivity index (χ4v) is 2.17. The van der Waals surface area contributed by atoms with Gasteiger partial charge >= 0.3 is 0 Å². The molecule has 1 N–H and O–H groups in total. The van der Waals surface area contributed by atoms with Crippen LogP contribution >= 0.6 is 0 Å². The van der Waals surface area contributed by atoms with Crippen molar-refractivity contribution in [1.82, 2.24) is 4.98 Å². The van der Waals surface area contributed by atoms with Crippen molar-refractivity contribution in [2.45, 2.75) is 32.6 Å². The summed E-state index contributed by atoms with van der Waals surface area (Å²) in [5, 5.41) is 10.1. The van der Waals surface area contributed by atoms with E-state index in [2.05, 4.69) is 32.0 Å². The molecule has 1 atom stereocenters. The van der Waals surface area contributed by atoms with Crippen LogP contribution in [0.15, 0.2) is 30.3 Å². The van der Waals surface area contributed by atoms with E-state index in [1.807, 2.05) is 12.1 Å². The van der Waals surface area contributed by atoms with Gasteiger partial charge in [-0.05, 0) is 43.4 Å².